The fourth-order valence-electron chi connectivity index (χ4n) is 3.32. The molecule has 21 heavy (non-hydrogen) atoms. The summed E-state index contributed by atoms with van der Waals surface area (Å²) in [4.78, 5) is 24.4. The second-order valence-electron chi connectivity index (χ2n) is 5.63. The van der Waals surface area contributed by atoms with E-state index in [1.807, 2.05) is 15.5 Å². The third-order valence-electron chi connectivity index (χ3n) is 4.15. The largest absolute Gasteiger partial charge is 0.548 e. The number of pyridine rings is 1. The van der Waals surface area contributed by atoms with E-state index < -0.39 is 5.97 Å². The van der Waals surface area contributed by atoms with Crippen molar-refractivity contribution < 1.29 is 9.90 Å². The van der Waals surface area contributed by atoms with E-state index >= 15 is 0 Å². The summed E-state index contributed by atoms with van der Waals surface area (Å²) in [6.07, 6.45) is 1.04. The van der Waals surface area contributed by atoms with Gasteiger partial charge in [0, 0.05) is 37.3 Å². The Kier molecular flexibility index (Phi) is 3.67. The fourth-order valence-corrected chi connectivity index (χ4v) is 3.54. The normalized spacial score (nSPS) is 23.3. The molecule has 112 valence electrons. The highest BCUT2D eigenvalue weighted by molar-refractivity contribution is 7.80. The van der Waals surface area contributed by atoms with Gasteiger partial charge in [-0.15, -0.1) is 0 Å². The highest BCUT2D eigenvalue weighted by atomic mass is 32.1. The van der Waals surface area contributed by atoms with Crippen LogP contribution >= 0.6 is 12.2 Å². The average Bonchev–Trinajstić information content (AvgIpc) is 2.45. The number of carboxylic acids is 1. The summed E-state index contributed by atoms with van der Waals surface area (Å²) >= 11 is 5.25. The van der Waals surface area contributed by atoms with Crippen molar-refractivity contribution in [3.8, 4) is 0 Å². The third kappa shape index (κ3) is 2.78. The Morgan fingerprint density at radius 1 is 1.38 bits per heavy atom. The molecule has 3 rings (SSSR count). The van der Waals surface area contributed by atoms with Gasteiger partial charge in [0.2, 0.25) is 0 Å². The van der Waals surface area contributed by atoms with E-state index in [9.17, 15) is 14.7 Å². The Bertz CT molecular complexity index is 643. The number of carbonyl (C=O) groups excluding carboxylic acids is 1. The molecular weight excluding hydrogens is 290 g/mol. The van der Waals surface area contributed by atoms with Crippen LogP contribution in [0.4, 0.5) is 0 Å². The number of thiocarbonyl (C=S) groups is 1. The maximum atomic E-state index is 11.9. The van der Waals surface area contributed by atoms with Crippen LogP contribution in [0.15, 0.2) is 23.0 Å². The second kappa shape index (κ2) is 5.48. The first-order chi connectivity index (χ1) is 10.0. The minimum atomic E-state index is -1.17. The van der Waals surface area contributed by atoms with Crippen molar-refractivity contribution >= 4 is 23.3 Å². The van der Waals surface area contributed by atoms with Crippen molar-refractivity contribution in [3.05, 3.63) is 34.2 Å². The highest BCUT2D eigenvalue weighted by Crippen LogP contribution is 2.34. The summed E-state index contributed by atoms with van der Waals surface area (Å²) in [6.45, 7) is 1.88. The van der Waals surface area contributed by atoms with Gasteiger partial charge in [0.25, 0.3) is 5.56 Å². The van der Waals surface area contributed by atoms with Crippen LogP contribution in [-0.4, -0.2) is 40.2 Å². The van der Waals surface area contributed by atoms with Gasteiger partial charge in [-0.25, -0.2) is 0 Å². The molecule has 1 N–H and O–H groups in total. The molecular formula is C14H16N3O3S-. The molecule has 7 heteroatoms. The van der Waals surface area contributed by atoms with Crippen molar-refractivity contribution in [3.63, 3.8) is 0 Å². The molecule has 0 spiro atoms. The molecule has 6 nitrogen and oxygen atoms in total. The SMILES string of the molecule is O=C([O-])CNC(=S)N1CC2CC(C1)c1cccc(=O)n1C2. The molecule has 0 radical (unpaired) electrons. The summed E-state index contributed by atoms with van der Waals surface area (Å²) in [5.41, 5.74) is 1.10. The van der Waals surface area contributed by atoms with Crippen LogP contribution in [0.3, 0.4) is 0 Å². The predicted molar refractivity (Wildman–Crippen MR) is 78.7 cm³/mol. The first-order valence-electron chi connectivity index (χ1n) is 6.97. The van der Waals surface area contributed by atoms with Gasteiger partial charge in [0.1, 0.15) is 0 Å². The summed E-state index contributed by atoms with van der Waals surface area (Å²) in [7, 11) is 0. The van der Waals surface area contributed by atoms with E-state index in [-0.39, 0.29) is 18.0 Å². The van der Waals surface area contributed by atoms with E-state index in [0.29, 0.717) is 24.1 Å². The number of hydrogen-bond acceptors (Lipinski definition) is 4. The number of nitrogens with zero attached hydrogens (tertiary/aromatic N) is 2. The van der Waals surface area contributed by atoms with Gasteiger partial charge in [-0.2, -0.15) is 0 Å². The monoisotopic (exact) mass is 306 g/mol. The number of carboxylic acid groups (broad SMARTS) is 1. The minimum Gasteiger partial charge on any atom is -0.548 e. The molecule has 2 unspecified atom stereocenters. The molecule has 1 fully saturated rings. The van der Waals surface area contributed by atoms with Gasteiger partial charge in [-0.05, 0) is 30.6 Å². The molecule has 0 aromatic carbocycles. The lowest BCUT2D eigenvalue weighted by molar-refractivity contribution is -0.303. The average molecular weight is 306 g/mol. The lowest BCUT2D eigenvalue weighted by Gasteiger charge is -2.43. The van der Waals surface area contributed by atoms with Gasteiger partial charge >= 0.3 is 0 Å². The standard InChI is InChI=1S/C14H17N3O3S/c18-12-3-1-2-11-10-4-9(7-17(11)12)6-16(8-10)14(21)15-5-13(19)20/h1-3,9-10H,4-8H2,(H,15,21)(H,19,20)/p-1. The molecule has 1 aromatic heterocycles. The van der Waals surface area contributed by atoms with Crippen LogP contribution < -0.4 is 16.0 Å². The Balaban J connectivity index is 1.77. The lowest BCUT2D eigenvalue weighted by atomic mass is 9.83. The molecule has 2 atom stereocenters. The fraction of sp³-hybridized carbons (Fsp3) is 0.500. The van der Waals surface area contributed by atoms with Crippen LogP contribution in [0, 0.1) is 5.92 Å². The summed E-state index contributed by atoms with van der Waals surface area (Å²) in [5.74, 6) is -0.556. The number of nitrogens with one attached hydrogen (secondary N) is 1. The molecule has 0 amide bonds. The van der Waals surface area contributed by atoms with E-state index in [1.165, 1.54) is 0 Å². The van der Waals surface area contributed by atoms with Crippen LogP contribution in [-0.2, 0) is 11.3 Å². The van der Waals surface area contributed by atoms with E-state index in [4.69, 9.17) is 12.2 Å². The molecule has 2 bridgehead atoms. The Morgan fingerprint density at radius 3 is 2.95 bits per heavy atom. The number of aromatic nitrogens is 1. The summed E-state index contributed by atoms with van der Waals surface area (Å²) in [5, 5.41) is 13.6. The first-order valence-corrected chi connectivity index (χ1v) is 7.38. The number of fused-ring (bicyclic) bond motifs is 4. The number of hydrogen-bond donors (Lipinski definition) is 1. The van der Waals surface area contributed by atoms with Crippen molar-refractivity contribution in [2.45, 2.75) is 18.9 Å². The van der Waals surface area contributed by atoms with E-state index in [2.05, 4.69) is 5.32 Å². The van der Waals surface area contributed by atoms with Gasteiger partial charge < -0.3 is 24.7 Å². The predicted octanol–water partition coefficient (Wildman–Crippen LogP) is -1.11. The molecule has 3 heterocycles. The molecule has 2 aliphatic heterocycles. The molecule has 0 aliphatic carbocycles. The van der Waals surface area contributed by atoms with Crippen molar-refractivity contribution in [1.29, 1.82) is 0 Å². The Morgan fingerprint density at radius 2 is 2.19 bits per heavy atom. The lowest BCUT2D eigenvalue weighted by Crippen LogP contribution is -2.53. The number of carbonyl (C=O) groups is 1. The van der Waals surface area contributed by atoms with Crippen LogP contribution in [0.5, 0.6) is 0 Å². The first kappa shape index (κ1) is 14.1. The Hall–Kier alpha value is -1.89. The van der Waals surface area contributed by atoms with Crippen molar-refractivity contribution in [1.82, 2.24) is 14.8 Å². The maximum absolute atomic E-state index is 11.9. The smallest absolute Gasteiger partial charge is 0.250 e. The quantitative estimate of drug-likeness (QED) is 0.698. The van der Waals surface area contributed by atoms with Crippen LogP contribution in [0.25, 0.3) is 0 Å². The van der Waals surface area contributed by atoms with E-state index in [1.54, 1.807) is 12.1 Å². The number of likely N-dealkylation sites (tertiary alicyclic amines) is 1. The topological polar surface area (TPSA) is 77.4 Å². The Labute approximate surface area is 127 Å². The van der Waals surface area contributed by atoms with E-state index in [0.717, 1.165) is 18.7 Å². The molecule has 0 saturated carbocycles. The molecule has 1 saturated heterocycles. The van der Waals surface area contributed by atoms with Crippen molar-refractivity contribution in [2.75, 3.05) is 19.6 Å². The third-order valence-corrected chi connectivity index (χ3v) is 4.55. The minimum absolute atomic E-state index is 0.0494. The molecule has 2 aliphatic rings. The van der Waals surface area contributed by atoms with Gasteiger partial charge in [-0.1, -0.05) is 6.07 Å². The summed E-state index contributed by atoms with van der Waals surface area (Å²) < 4.78 is 1.85. The second-order valence-corrected chi connectivity index (χ2v) is 6.02. The van der Waals surface area contributed by atoms with Gasteiger partial charge in [0.05, 0.1) is 12.5 Å². The maximum Gasteiger partial charge on any atom is 0.250 e. The number of piperidine rings is 1. The number of rotatable bonds is 2. The van der Waals surface area contributed by atoms with Crippen LogP contribution in [0.2, 0.25) is 0 Å². The molecule has 1 aromatic rings. The van der Waals surface area contributed by atoms with Crippen molar-refractivity contribution in [2.24, 2.45) is 5.92 Å². The highest BCUT2D eigenvalue weighted by Gasteiger charge is 2.35. The van der Waals surface area contributed by atoms with Gasteiger partial charge in [-0.3, -0.25) is 4.79 Å². The summed E-state index contributed by atoms with van der Waals surface area (Å²) in [6, 6.07) is 5.37. The van der Waals surface area contributed by atoms with Crippen LogP contribution in [0.1, 0.15) is 18.0 Å². The zero-order valence-corrected chi connectivity index (χ0v) is 12.3. The number of aliphatic carboxylic acids is 1. The zero-order chi connectivity index (χ0) is 15.0. The van der Waals surface area contributed by atoms with Gasteiger partial charge in [0.15, 0.2) is 5.11 Å². The zero-order valence-electron chi connectivity index (χ0n) is 11.4.